The number of benzene rings is 2. The molecule has 0 amide bonds. The van der Waals surface area contributed by atoms with Gasteiger partial charge in [0.05, 0.1) is 0 Å². The van der Waals surface area contributed by atoms with E-state index in [0.717, 1.165) is 37.5 Å². The second-order valence-corrected chi connectivity index (χ2v) is 10.1. The van der Waals surface area contributed by atoms with Crippen LogP contribution in [0.2, 0.25) is 0 Å². The molecule has 6 heteroatoms. The minimum Gasteiger partial charge on any atom is -0.457 e. The van der Waals surface area contributed by atoms with Gasteiger partial charge in [0.15, 0.2) is 11.6 Å². The molecule has 0 saturated heterocycles. The maximum absolute atomic E-state index is 14.7. The first-order valence-corrected chi connectivity index (χ1v) is 13.0. The summed E-state index contributed by atoms with van der Waals surface area (Å²) in [6.07, 6.45) is 10.8. The monoisotopic (exact) mass is 491 g/mol. The lowest BCUT2D eigenvalue weighted by Gasteiger charge is -2.38. The first-order valence-electron chi connectivity index (χ1n) is 13.0. The summed E-state index contributed by atoms with van der Waals surface area (Å²) in [5.74, 6) is 1.17. The Morgan fingerprint density at radius 3 is 1.97 bits per heavy atom. The Kier molecular flexibility index (Phi) is 8.61. The van der Waals surface area contributed by atoms with Crippen molar-refractivity contribution in [3.8, 4) is 17.2 Å². The number of alkyl halides is 2. The Labute approximate surface area is 206 Å². The number of rotatable bonds is 8. The number of hydrogen-bond donors (Lipinski definition) is 0. The van der Waals surface area contributed by atoms with Gasteiger partial charge in [0.1, 0.15) is 17.2 Å². The largest absolute Gasteiger partial charge is 0.457 e. The summed E-state index contributed by atoms with van der Waals surface area (Å²) in [4.78, 5) is 0. The van der Waals surface area contributed by atoms with Crippen LogP contribution in [0, 0.1) is 35.5 Å². The van der Waals surface area contributed by atoms with Crippen molar-refractivity contribution in [2.75, 3.05) is 0 Å². The van der Waals surface area contributed by atoms with Crippen molar-refractivity contribution in [1.29, 1.82) is 0 Å². The molecule has 4 rings (SSSR count). The van der Waals surface area contributed by atoms with Crippen LogP contribution in [0.1, 0.15) is 88.7 Å². The molecule has 0 aliphatic heterocycles. The van der Waals surface area contributed by atoms with Gasteiger partial charge in [-0.2, -0.15) is 8.78 Å². The predicted octanol–water partition coefficient (Wildman–Crippen LogP) is 9.21. The number of hydrogen-bond acceptors (Lipinski definition) is 2. The van der Waals surface area contributed by atoms with E-state index in [0.29, 0.717) is 23.0 Å². The van der Waals surface area contributed by atoms with E-state index in [4.69, 9.17) is 4.74 Å². The normalized spacial score (nSPS) is 25.0. The molecule has 0 unspecified atom stereocenters. The molecule has 0 N–H and O–H groups in total. The highest BCUT2D eigenvalue weighted by atomic mass is 19.3. The Morgan fingerprint density at radius 2 is 1.43 bits per heavy atom. The first kappa shape index (κ1) is 25.8. The van der Waals surface area contributed by atoms with Gasteiger partial charge in [0.25, 0.3) is 0 Å². The summed E-state index contributed by atoms with van der Waals surface area (Å²) in [5, 5.41) is 0. The third-order valence-corrected chi connectivity index (χ3v) is 8.16. The van der Waals surface area contributed by atoms with Crippen LogP contribution < -0.4 is 9.47 Å². The molecule has 2 nitrogen and oxygen atoms in total. The van der Waals surface area contributed by atoms with Crippen molar-refractivity contribution in [2.24, 2.45) is 17.8 Å². The zero-order chi connectivity index (χ0) is 24.9. The van der Waals surface area contributed by atoms with E-state index in [1.807, 2.05) is 0 Å². The summed E-state index contributed by atoms with van der Waals surface area (Å²) in [6, 6.07) is 8.39. The zero-order valence-electron chi connectivity index (χ0n) is 20.6. The van der Waals surface area contributed by atoms with Crippen LogP contribution in [0.5, 0.6) is 17.2 Å². The van der Waals surface area contributed by atoms with Gasteiger partial charge >= 0.3 is 6.61 Å². The molecule has 0 atom stereocenters. The lowest BCUT2D eigenvalue weighted by Crippen LogP contribution is -2.25. The maximum atomic E-state index is 14.7. The van der Waals surface area contributed by atoms with Crippen LogP contribution in [0.15, 0.2) is 24.3 Å². The van der Waals surface area contributed by atoms with Gasteiger partial charge < -0.3 is 9.47 Å². The fourth-order valence-electron chi connectivity index (χ4n) is 6.10. The molecule has 0 heterocycles. The summed E-state index contributed by atoms with van der Waals surface area (Å²) in [7, 11) is 0. The second-order valence-electron chi connectivity index (χ2n) is 10.1. The zero-order valence-corrected chi connectivity index (χ0v) is 20.6. The summed E-state index contributed by atoms with van der Waals surface area (Å²) < 4.78 is 64.6. The molecule has 0 aromatic heterocycles. The predicted molar refractivity (Wildman–Crippen MR) is 128 cm³/mol. The highest BCUT2D eigenvalue weighted by Crippen LogP contribution is 2.47. The standard InChI is InChI=1S/C29H35F4O2/c1-3-18-5-7-19(8-6-18)20-9-11-21(12-10-20)25-17-26(30)27(31)24(4-2)28(25)34-22-13-15-23(16-14-22)35-29(32)33/h13-16,18-21,29H,3-12H2,1-2H3/t18-,19-,20-,21-. The van der Waals surface area contributed by atoms with Gasteiger partial charge in [0.2, 0.25) is 0 Å². The Bertz CT molecular complexity index is 960. The smallest absolute Gasteiger partial charge is 0.387 e. The van der Waals surface area contributed by atoms with E-state index in [-0.39, 0.29) is 23.7 Å². The molecule has 2 fully saturated rings. The Morgan fingerprint density at radius 1 is 0.857 bits per heavy atom. The second kappa shape index (κ2) is 11.7. The van der Waals surface area contributed by atoms with E-state index in [1.165, 1.54) is 56.4 Å². The topological polar surface area (TPSA) is 18.5 Å². The van der Waals surface area contributed by atoms with E-state index in [1.54, 1.807) is 6.92 Å². The van der Waals surface area contributed by atoms with Crippen LogP contribution in [0.4, 0.5) is 17.6 Å². The van der Waals surface area contributed by atoms with Crippen molar-refractivity contribution in [1.82, 2.24) is 0 Å². The average Bonchev–Trinajstić information content (AvgIpc) is 2.87. The summed E-state index contributed by atoms with van der Waals surface area (Å²) in [6.45, 7) is 1.12. The molecule has 2 aromatic carbocycles. The van der Waals surface area contributed by atoms with Crippen LogP contribution in [0.25, 0.3) is 0 Å². The fourth-order valence-corrected chi connectivity index (χ4v) is 6.10. The average molecular weight is 492 g/mol. The minimum absolute atomic E-state index is 0.00595. The van der Waals surface area contributed by atoms with Crippen LogP contribution in [-0.2, 0) is 6.42 Å². The van der Waals surface area contributed by atoms with Crippen molar-refractivity contribution in [3.05, 3.63) is 53.1 Å². The van der Waals surface area contributed by atoms with Crippen molar-refractivity contribution in [2.45, 2.75) is 90.6 Å². The molecular formula is C29H35F4O2. The van der Waals surface area contributed by atoms with Crippen molar-refractivity contribution < 1.29 is 27.0 Å². The van der Waals surface area contributed by atoms with Gasteiger partial charge in [-0.15, -0.1) is 0 Å². The quantitative estimate of drug-likeness (QED) is 0.343. The van der Waals surface area contributed by atoms with Gasteiger partial charge in [-0.25, -0.2) is 8.78 Å². The molecular weight excluding hydrogens is 456 g/mol. The van der Waals surface area contributed by atoms with Crippen LogP contribution >= 0.6 is 0 Å². The van der Waals surface area contributed by atoms with Crippen molar-refractivity contribution >= 4 is 0 Å². The molecule has 2 saturated carbocycles. The number of halogens is 4. The molecule has 2 aromatic rings. The van der Waals surface area contributed by atoms with E-state index in [2.05, 4.69) is 17.7 Å². The van der Waals surface area contributed by atoms with E-state index < -0.39 is 18.2 Å². The first-order chi connectivity index (χ1) is 16.9. The lowest BCUT2D eigenvalue weighted by molar-refractivity contribution is -0.0498. The highest BCUT2D eigenvalue weighted by Gasteiger charge is 2.33. The molecule has 35 heavy (non-hydrogen) atoms. The number of ether oxygens (including phenoxy) is 2. The van der Waals surface area contributed by atoms with Gasteiger partial charge in [-0.3, -0.25) is 0 Å². The molecule has 0 bridgehead atoms. The van der Waals surface area contributed by atoms with Gasteiger partial charge in [0, 0.05) is 17.2 Å². The minimum atomic E-state index is -2.92. The molecule has 2 aliphatic carbocycles. The molecule has 2 aliphatic rings. The third kappa shape index (κ3) is 6.13. The van der Waals surface area contributed by atoms with Crippen molar-refractivity contribution in [3.63, 3.8) is 0 Å². The molecule has 191 valence electrons. The Hall–Kier alpha value is -2.24. The van der Waals surface area contributed by atoms with Crippen LogP contribution in [-0.4, -0.2) is 6.61 Å². The summed E-state index contributed by atoms with van der Waals surface area (Å²) >= 11 is 0. The van der Waals surface area contributed by atoms with Gasteiger partial charge in [-0.1, -0.05) is 33.1 Å². The van der Waals surface area contributed by atoms with E-state index in [9.17, 15) is 17.6 Å². The highest BCUT2D eigenvalue weighted by molar-refractivity contribution is 5.47. The Balaban J connectivity index is 1.51. The van der Waals surface area contributed by atoms with Crippen LogP contribution in [0.3, 0.4) is 0 Å². The third-order valence-electron chi connectivity index (χ3n) is 8.16. The van der Waals surface area contributed by atoms with E-state index >= 15 is 0 Å². The van der Waals surface area contributed by atoms with Gasteiger partial charge in [-0.05, 0) is 92.9 Å². The summed E-state index contributed by atoms with van der Waals surface area (Å²) in [5.41, 5.74) is 0.769. The molecule has 1 radical (unpaired) electrons. The lowest BCUT2D eigenvalue weighted by atomic mass is 9.68. The molecule has 0 spiro atoms. The maximum Gasteiger partial charge on any atom is 0.387 e. The fraction of sp³-hybridized carbons (Fsp3) is 0.586. The SMILES string of the molecule is CCc1c(F)c(F)[c]c([C@H]2CC[C@H]([C@H]3CC[C@H](CC)CC3)CC2)c1Oc1ccc(OC(F)F)cc1.